The Morgan fingerprint density at radius 3 is 2.22 bits per heavy atom. The summed E-state index contributed by atoms with van der Waals surface area (Å²) in [5, 5.41) is 0. The lowest BCUT2D eigenvalue weighted by Gasteiger charge is -2.20. The van der Waals surface area contributed by atoms with Crippen LogP contribution in [0.1, 0.15) is 5.56 Å². The Morgan fingerprint density at radius 1 is 0.926 bits per heavy atom. The molecule has 2 aromatic carbocycles. The number of carbonyl (C=O) groups excluding carboxylic acids is 2. The van der Waals surface area contributed by atoms with Gasteiger partial charge in [-0.2, -0.15) is 0 Å². The lowest BCUT2D eigenvalue weighted by Crippen LogP contribution is -2.31. The van der Waals surface area contributed by atoms with Crippen molar-refractivity contribution in [3.8, 4) is 0 Å². The SMILES string of the molecule is NCC1CN(c2ccc(N3CCN(Cc4ccccc4)C3=O)cc2)C(=O)O1. The first-order valence-corrected chi connectivity index (χ1v) is 9.04. The third-order valence-electron chi connectivity index (χ3n) is 4.92. The predicted molar refractivity (Wildman–Crippen MR) is 103 cm³/mol. The molecule has 2 fully saturated rings. The summed E-state index contributed by atoms with van der Waals surface area (Å²) < 4.78 is 5.19. The van der Waals surface area contributed by atoms with Gasteiger partial charge in [-0.25, -0.2) is 9.59 Å². The number of ether oxygens (including phenoxy) is 1. The van der Waals surface area contributed by atoms with Gasteiger partial charge < -0.3 is 15.4 Å². The molecular formula is C20H22N4O3. The fraction of sp³-hybridized carbons (Fsp3) is 0.300. The number of rotatable bonds is 5. The van der Waals surface area contributed by atoms with Gasteiger partial charge in [0.25, 0.3) is 0 Å². The number of nitrogens with zero attached hydrogens (tertiary/aromatic N) is 3. The van der Waals surface area contributed by atoms with Crippen molar-refractivity contribution in [3.63, 3.8) is 0 Å². The van der Waals surface area contributed by atoms with Gasteiger partial charge in [-0.15, -0.1) is 0 Å². The van der Waals surface area contributed by atoms with E-state index in [4.69, 9.17) is 10.5 Å². The van der Waals surface area contributed by atoms with E-state index in [0.717, 1.165) is 16.9 Å². The lowest BCUT2D eigenvalue weighted by molar-refractivity contribution is 0.145. The number of amides is 3. The van der Waals surface area contributed by atoms with Crippen molar-refractivity contribution in [2.24, 2.45) is 5.73 Å². The number of anilines is 2. The van der Waals surface area contributed by atoms with Crippen LogP contribution in [0.15, 0.2) is 54.6 Å². The molecule has 1 atom stereocenters. The van der Waals surface area contributed by atoms with E-state index in [2.05, 4.69) is 0 Å². The topological polar surface area (TPSA) is 79.1 Å². The largest absolute Gasteiger partial charge is 0.443 e. The molecule has 0 radical (unpaired) electrons. The first kappa shape index (κ1) is 17.4. The van der Waals surface area contributed by atoms with Crippen LogP contribution in [0.4, 0.5) is 21.0 Å². The number of urea groups is 1. The standard InChI is InChI=1S/C20H22N4O3/c21-12-18-14-24(20(26)27-18)17-8-6-16(7-9-17)23-11-10-22(19(23)25)13-15-4-2-1-3-5-15/h1-9,18H,10-14,21H2. The minimum absolute atomic E-state index is 0.00428. The molecule has 7 heteroatoms. The van der Waals surface area contributed by atoms with Crippen molar-refractivity contribution < 1.29 is 14.3 Å². The molecule has 2 N–H and O–H groups in total. The normalized spacial score (nSPS) is 19.7. The third-order valence-corrected chi connectivity index (χ3v) is 4.92. The van der Waals surface area contributed by atoms with Crippen LogP contribution in [0.3, 0.4) is 0 Å². The van der Waals surface area contributed by atoms with Crippen LogP contribution in [0.5, 0.6) is 0 Å². The minimum Gasteiger partial charge on any atom is -0.443 e. The maximum absolute atomic E-state index is 12.7. The second-order valence-corrected chi connectivity index (χ2v) is 6.71. The summed E-state index contributed by atoms with van der Waals surface area (Å²) in [5.41, 5.74) is 8.25. The van der Waals surface area contributed by atoms with E-state index in [1.807, 2.05) is 59.5 Å². The Kier molecular flexibility index (Phi) is 4.68. The first-order chi connectivity index (χ1) is 13.2. The van der Waals surface area contributed by atoms with Crippen LogP contribution in [-0.2, 0) is 11.3 Å². The van der Waals surface area contributed by atoms with Gasteiger partial charge in [0, 0.05) is 37.6 Å². The Bertz CT molecular complexity index is 825. The maximum Gasteiger partial charge on any atom is 0.414 e. The van der Waals surface area contributed by atoms with E-state index in [1.54, 1.807) is 9.80 Å². The van der Waals surface area contributed by atoms with Gasteiger partial charge in [-0.1, -0.05) is 30.3 Å². The third kappa shape index (κ3) is 3.46. The summed E-state index contributed by atoms with van der Waals surface area (Å²) in [6.45, 7) is 2.69. The molecule has 0 aliphatic carbocycles. The molecule has 2 aliphatic rings. The van der Waals surface area contributed by atoms with Crippen LogP contribution < -0.4 is 15.5 Å². The zero-order valence-corrected chi connectivity index (χ0v) is 15.0. The second-order valence-electron chi connectivity index (χ2n) is 6.71. The molecule has 0 saturated carbocycles. The van der Waals surface area contributed by atoms with E-state index in [1.165, 1.54) is 0 Å². The summed E-state index contributed by atoms with van der Waals surface area (Å²) >= 11 is 0. The Hall–Kier alpha value is -3.06. The van der Waals surface area contributed by atoms with E-state index >= 15 is 0 Å². The molecule has 2 aliphatic heterocycles. The number of hydrogen-bond donors (Lipinski definition) is 1. The smallest absolute Gasteiger partial charge is 0.414 e. The Labute approximate surface area is 157 Å². The Morgan fingerprint density at radius 2 is 1.59 bits per heavy atom. The van der Waals surface area contributed by atoms with Crippen molar-refractivity contribution in [2.75, 3.05) is 36.0 Å². The highest BCUT2D eigenvalue weighted by Gasteiger charge is 2.32. The molecule has 0 aromatic heterocycles. The highest BCUT2D eigenvalue weighted by atomic mass is 16.6. The van der Waals surface area contributed by atoms with Gasteiger partial charge in [0.05, 0.1) is 6.54 Å². The Balaban J connectivity index is 1.43. The molecule has 4 rings (SSSR count). The van der Waals surface area contributed by atoms with Crippen LogP contribution in [0.2, 0.25) is 0 Å². The maximum atomic E-state index is 12.7. The van der Waals surface area contributed by atoms with Gasteiger partial charge in [-0.3, -0.25) is 9.80 Å². The minimum atomic E-state index is -0.385. The number of hydrogen-bond acceptors (Lipinski definition) is 4. The van der Waals surface area contributed by atoms with Gasteiger partial charge in [0.2, 0.25) is 0 Å². The van der Waals surface area contributed by atoms with Gasteiger partial charge in [0.1, 0.15) is 6.10 Å². The number of cyclic esters (lactones) is 1. The summed E-state index contributed by atoms with van der Waals surface area (Å²) in [6.07, 6.45) is -0.659. The van der Waals surface area contributed by atoms with Crippen LogP contribution in [0.25, 0.3) is 0 Å². The average Bonchev–Trinajstić information content (AvgIpc) is 3.26. The molecule has 1 unspecified atom stereocenters. The highest BCUT2D eigenvalue weighted by molar-refractivity contribution is 5.95. The van der Waals surface area contributed by atoms with E-state index in [9.17, 15) is 9.59 Å². The molecule has 7 nitrogen and oxygen atoms in total. The van der Waals surface area contributed by atoms with Gasteiger partial charge in [0.15, 0.2) is 0 Å². The zero-order chi connectivity index (χ0) is 18.8. The molecule has 140 valence electrons. The summed E-state index contributed by atoms with van der Waals surface area (Å²) in [7, 11) is 0. The second kappa shape index (κ2) is 7.28. The lowest BCUT2D eigenvalue weighted by atomic mass is 10.2. The average molecular weight is 366 g/mol. The fourth-order valence-electron chi connectivity index (χ4n) is 3.44. The summed E-state index contributed by atoms with van der Waals surface area (Å²) in [6, 6.07) is 17.4. The molecule has 0 spiro atoms. The number of benzene rings is 2. The van der Waals surface area contributed by atoms with Crippen molar-refractivity contribution >= 4 is 23.5 Å². The fourth-order valence-corrected chi connectivity index (χ4v) is 3.44. The highest BCUT2D eigenvalue weighted by Crippen LogP contribution is 2.27. The number of carbonyl (C=O) groups is 2. The van der Waals surface area contributed by atoms with Crippen molar-refractivity contribution in [2.45, 2.75) is 12.6 Å². The van der Waals surface area contributed by atoms with Crippen LogP contribution in [0, 0.1) is 0 Å². The zero-order valence-electron chi connectivity index (χ0n) is 15.0. The van der Waals surface area contributed by atoms with Crippen LogP contribution in [-0.4, -0.2) is 49.3 Å². The molecule has 0 bridgehead atoms. The van der Waals surface area contributed by atoms with Crippen molar-refractivity contribution in [3.05, 3.63) is 60.2 Å². The summed E-state index contributed by atoms with van der Waals surface area (Å²) in [4.78, 5) is 29.8. The summed E-state index contributed by atoms with van der Waals surface area (Å²) in [5.74, 6) is 0. The molecule has 2 heterocycles. The molecular weight excluding hydrogens is 344 g/mol. The molecule has 2 aromatic rings. The number of nitrogens with two attached hydrogens (primary N) is 1. The quantitative estimate of drug-likeness (QED) is 0.881. The van der Waals surface area contributed by atoms with Crippen molar-refractivity contribution in [1.29, 1.82) is 0 Å². The molecule has 27 heavy (non-hydrogen) atoms. The van der Waals surface area contributed by atoms with E-state index in [0.29, 0.717) is 32.7 Å². The molecule has 3 amide bonds. The monoisotopic (exact) mass is 366 g/mol. The van der Waals surface area contributed by atoms with E-state index < -0.39 is 0 Å². The first-order valence-electron chi connectivity index (χ1n) is 9.04. The van der Waals surface area contributed by atoms with Gasteiger partial charge in [-0.05, 0) is 29.8 Å². The predicted octanol–water partition coefficient (Wildman–Crippen LogP) is 2.41. The van der Waals surface area contributed by atoms with Crippen molar-refractivity contribution in [1.82, 2.24) is 4.90 Å². The van der Waals surface area contributed by atoms with Crippen LogP contribution >= 0.6 is 0 Å². The van der Waals surface area contributed by atoms with Gasteiger partial charge >= 0.3 is 12.1 Å². The molecule has 2 saturated heterocycles. The van der Waals surface area contributed by atoms with E-state index in [-0.39, 0.29) is 18.2 Å².